The largest absolute Gasteiger partial charge is 0.485 e. The predicted molar refractivity (Wildman–Crippen MR) is 99.2 cm³/mol. The molecule has 0 radical (unpaired) electrons. The van der Waals surface area contributed by atoms with Gasteiger partial charge in [-0.05, 0) is 36.4 Å². The van der Waals surface area contributed by atoms with Crippen molar-refractivity contribution in [2.75, 3.05) is 13.2 Å². The molecular formula is C20H20N2O6. The number of benzene rings is 2. The van der Waals surface area contributed by atoms with Gasteiger partial charge in [0.1, 0.15) is 12.4 Å². The summed E-state index contributed by atoms with van der Waals surface area (Å²) in [5, 5.41) is 0. The molecule has 1 heterocycles. The van der Waals surface area contributed by atoms with Crippen LogP contribution in [-0.2, 0) is 9.59 Å². The average molecular weight is 384 g/mol. The van der Waals surface area contributed by atoms with Gasteiger partial charge in [-0.15, -0.1) is 0 Å². The lowest BCUT2D eigenvalue weighted by molar-refractivity contribution is -0.135. The summed E-state index contributed by atoms with van der Waals surface area (Å²) in [5.74, 6) is 0.423. The van der Waals surface area contributed by atoms with Crippen molar-refractivity contribution in [3.63, 3.8) is 0 Å². The van der Waals surface area contributed by atoms with Crippen LogP contribution in [0.2, 0.25) is 0 Å². The molecule has 3 rings (SSSR count). The molecule has 2 aromatic carbocycles. The molecule has 0 aliphatic carbocycles. The highest BCUT2D eigenvalue weighted by atomic mass is 16.6. The fraction of sp³-hybridized carbons (Fsp3) is 0.250. The lowest BCUT2D eigenvalue weighted by Crippen LogP contribution is -2.51. The van der Waals surface area contributed by atoms with Crippen LogP contribution in [0.1, 0.15) is 23.7 Å². The number of nitrogens with one attached hydrogen (secondary N) is 2. The lowest BCUT2D eigenvalue weighted by Gasteiger charge is -2.25. The molecule has 1 aliphatic heterocycles. The molecule has 28 heavy (non-hydrogen) atoms. The van der Waals surface area contributed by atoms with Crippen molar-refractivity contribution in [3.05, 3.63) is 54.1 Å². The molecule has 0 saturated heterocycles. The van der Waals surface area contributed by atoms with Gasteiger partial charge in [0.25, 0.3) is 11.8 Å². The summed E-state index contributed by atoms with van der Waals surface area (Å²) < 4.78 is 16.3. The van der Waals surface area contributed by atoms with Crippen LogP contribution in [0, 0.1) is 0 Å². The third-order valence-corrected chi connectivity index (χ3v) is 3.99. The Labute approximate surface area is 161 Å². The van der Waals surface area contributed by atoms with Gasteiger partial charge >= 0.3 is 0 Å². The minimum Gasteiger partial charge on any atom is -0.485 e. The molecule has 8 heteroatoms. The third kappa shape index (κ3) is 4.79. The summed E-state index contributed by atoms with van der Waals surface area (Å²) in [7, 11) is 0. The van der Waals surface area contributed by atoms with Crippen molar-refractivity contribution in [1.29, 1.82) is 0 Å². The summed E-state index contributed by atoms with van der Waals surface area (Å²) in [4.78, 5) is 35.5. The first kappa shape index (κ1) is 19.2. The fourth-order valence-electron chi connectivity index (χ4n) is 2.49. The summed E-state index contributed by atoms with van der Waals surface area (Å²) in [6, 6.07) is 13.5. The van der Waals surface area contributed by atoms with Crippen molar-refractivity contribution < 1.29 is 28.6 Å². The highest BCUT2D eigenvalue weighted by Gasteiger charge is 2.27. The first-order valence-electron chi connectivity index (χ1n) is 8.80. The second-order valence-corrected chi connectivity index (χ2v) is 5.99. The Morgan fingerprint density at radius 2 is 1.75 bits per heavy atom. The number of hydrogen-bond donors (Lipinski definition) is 2. The zero-order valence-corrected chi connectivity index (χ0v) is 15.3. The van der Waals surface area contributed by atoms with Crippen molar-refractivity contribution >= 4 is 17.6 Å². The SMILES string of the molecule is CCC(=O)c1ccc(OCC(=O)NNC(=O)[C@@H]2COc3ccccc3O2)cc1. The standard InChI is InChI=1S/C20H20N2O6/c1-2-15(23)13-7-9-14(10-8-13)26-12-19(24)21-22-20(25)18-11-27-16-5-3-4-6-17(16)28-18/h3-10,18H,2,11-12H2,1H3,(H,21,24)(H,22,25)/t18-/m0/s1. The number of amides is 2. The molecule has 2 N–H and O–H groups in total. The van der Waals surface area contributed by atoms with Crippen LogP contribution in [0.4, 0.5) is 0 Å². The van der Waals surface area contributed by atoms with Crippen LogP contribution in [0.5, 0.6) is 17.2 Å². The minimum atomic E-state index is -0.875. The van der Waals surface area contributed by atoms with E-state index >= 15 is 0 Å². The van der Waals surface area contributed by atoms with E-state index in [1.165, 1.54) is 0 Å². The summed E-state index contributed by atoms with van der Waals surface area (Å²) in [6.07, 6.45) is -0.455. The normalized spacial score (nSPS) is 14.7. The van der Waals surface area contributed by atoms with Crippen molar-refractivity contribution in [1.82, 2.24) is 10.9 Å². The number of ether oxygens (including phenoxy) is 3. The molecular weight excluding hydrogens is 364 g/mol. The number of ketones is 1. The smallest absolute Gasteiger partial charge is 0.283 e. The van der Waals surface area contributed by atoms with Gasteiger partial charge < -0.3 is 14.2 Å². The second kappa shape index (κ2) is 8.90. The monoisotopic (exact) mass is 384 g/mol. The summed E-state index contributed by atoms with van der Waals surface area (Å²) in [5.41, 5.74) is 5.13. The second-order valence-electron chi connectivity index (χ2n) is 5.99. The molecule has 1 aliphatic rings. The minimum absolute atomic E-state index is 0.0311. The van der Waals surface area contributed by atoms with E-state index < -0.39 is 17.9 Å². The maximum Gasteiger partial charge on any atom is 0.283 e. The Morgan fingerprint density at radius 3 is 2.46 bits per heavy atom. The van der Waals surface area contributed by atoms with Gasteiger partial charge in [-0.2, -0.15) is 0 Å². The summed E-state index contributed by atoms with van der Waals surface area (Å²) in [6.45, 7) is 1.53. The van der Waals surface area contributed by atoms with Gasteiger partial charge in [-0.25, -0.2) is 0 Å². The van der Waals surface area contributed by atoms with E-state index in [-0.39, 0.29) is 19.0 Å². The Morgan fingerprint density at radius 1 is 1.04 bits per heavy atom. The van der Waals surface area contributed by atoms with E-state index in [9.17, 15) is 14.4 Å². The predicted octanol–water partition coefficient (Wildman–Crippen LogP) is 1.65. The van der Waals surface area contributed by atoms with E-state index in [2.05, 4.69) is 10.9 Å². The van der Waals surface area contributed by atoms with Gasteiger partial charge in [0.15, 0.2) is 23.9 Å². The molecule has 0 unspecified atom stereocenters. The van der Waals surface area contributed by atoms with Gasteiger partial charge in [0, 0.05) is 12.0 Å². The molecule has 0 aromatic heterocycles. The molecule has 8 nitrogen and oxygen atoms in total. The zero-order chi connectivity index (χ0) is 19.9. The Hall–Kier alpha value is -3.55. The van der Waals surface area contributed by atoms with Crippen molar-refractivity contribution in [2.24, 2.45) is 0 Å². The Balaban J connectivity index is 1.42. The van der Waals surface area contributed by atoms with Gasteiger partial charge in [0.2, 0.25) is 6.10 Å². The van der Waals surface area contributed by atoms with E-state index in [1.807, 2.05) is 0 Å². The van der Waals surface area contributed by atoms with Gasteiger partial charge in [-0.1, -0.05) is 19.1 Å². The molecule has 146 valence electrons. The van der Waals surface area contributed by atoms with Crippen LogP contribution in [-0.4, -0.2) is 36.9 Å². The maximum atomic E-state index is 12.1. The van der Waals surface area contributed by atoms with E-state index in [0.29, 0.717) is 29.2 Å². The van der Waals surface area contributed by atoms with Crippen molar-refractivity contribution in [2.45, 2.75) is 19.4 Å². The molecule has 2 amide bonds. The topological polar surface area (TPSA) is 103 Å². The first-order chi connectivity index (χ1) is 13.6. The number of para-hydroxylation sites is 2. The lowest BCUT2D eigenvalue weighted by atomic mass is 10.1. The van der Waals surface area contributed by atoms with E-state index in [0.717, 1.165) is 0 Å². The molecule has 2 aromatic rings. The average Bonchev–Trinajstić information content (AvgIpc) is 2.75. The zero-order valence-electron chi connectivity index (χ0n) is 15.3. The highest BCUT2D eigenvalue weighted by molar-refractivity contribution is 5.95. The van der Waals surface area contributed by atoms with Crippen LogP contribution < -0.4 is 25.1 Å². The van der Waals surface area contributed by atoms with Gasteiger partial charge in [-0.3, -0.25) is 25.2 Å². The number of Topliss-reactive ketones (excluding diaryl/α,β-unsaturated/α-hetero) is 1. The number of rotatable bonds is 6. The fourth-order valence-corrected chi connectivity index (χ4v) is 2.49. The van der Waals surface area contributed by atoms with Crippen LogP contribution in [0.15, 0.2) is 48.5 Å². The maximum absolute atomic E-state index is 12.1. The van der Waals surface area contributed by atoms with E-state index in [4.69, 9.17) is 14.2 Å². The molecule has 0 bridgehead atoms. The van der Waals surface area contributed by atoms with Crippen LogP contribution in [0.3, 0.4) is 0 Å². The van der Waals surface area contributed by atoms with E-state index in [1.54, 1.807) is 55.5 Å². The molecule has 0 fully saturated rings. The number of hydrazine groups is 1. The quantitative estimate of drug-likeness (QED) is 0.580. The van der Waals surface area contributed by atoms with Crippen LogP contribution >= 0.6 is 0 Å². The number of hydrogen-bond acceptors (Lipinski definition) is 6. The third-order valence-electron chi connectivity index (χ3n) is 3.99. The first-order valence-corrected chi connectivity index (χ1v) is 8.80. The molecule has 0 saturated carbocycles. The Kier molecular flexibility index (Phi) is 6.11. The highest BCUT2D eigenvalue weighted by Crippen LogP contribution is 2.30. The molecule has 1 atom stereocenters. The van der Waals surface area contributed by atoms with Crippen LogP contribution in [0.25, 0.3) is 0 Å². The summed E-state index contributed by atoms with van der Waals surface area (Å²) >= 11 is 0. The van der Waals surface area contributed by atoms with Crippen molar-refractivity contribution in [3.8, 4) is 17.2 Å². The Bertz CT molecular complexity index is 865. The molecule has 0 spiro atoms. The van der Waals surface area contributed by atoms with Gasteiger partial charge in [0.05, 0.1) is 0 Å². The number of fused-ring (bicyclic) bond motifs is 1. The number of carbonyl (C=O) groups is 3. The number of carbonyl (C=O) groups excluding carboxylic acids is 3.